The molecule has 0 saturated heterocycles. The van der Waals surface area contributed by atoms with Crippen LogP contribution in [-0.2, 0) is 22.6 Å². The number of benzene rings is 2. The lowest BCUT2D eigenvalue weighted by molar-refractivity contribution is -0.141. The molecule has 0 spiro atoms. The highest BCUT2D eigenvalue weighted by Gasteiger charge is 2.29. The molecule has 2 rings (SSSR count). The minimum absolute atomic E-state index is 0.151. The van der Waals surface area contributed by atoms with E-state index < -0.39 is 11.9 Å². The van der Waals surface area contributed by atoms with Gasteiger partial charge < -0.3 is 10.2 Å². The number of carbonyl (C=O) groups is 2. The zero-order valence-corrected chi connectivity index (χ0v) is 17.7. The molecule has 29 heavy (non-hydrogen) atoms. The first-order chi connectivity index (χ1) is 14.0. The molecule has 0 radical (unpaired) electrons. The van der Waals surface area contributed by atoms with Crippen LogP contribution >= 0.6 is 11.6 Å². The first-order valence-electron chi connectivity index (χ1n) is 10.0. The van der Waals surface area contributed by atoms with Crippen LogP contribution in [0.25, 0.3) is 0 Å². The number of nitrogens with zero attached hydrogens (tertiary/aromatic N) is 1. The maximum atomic E-state index is 14.2. The van der Waals surface area contributed by atoms with Gasteiger partial charge >= 0.3 is 0 Å². The topological polar surface area (TPSA) is 49.4 Å². The summed E-state index contributed by atoms with van der Waals surface area (Å²) in [5.41, 5.74) is 1.05. The number of carbonyl (C=O) groups excluding carboxylic acids is 2. The minimum Gasteiger partial charge on any atom is -0.354 e. The summed E-state index contributed by atoms with van der Waals surface area (Å²) in [5.74, 6) is -1.05. The maximum Gasteiger partial charge on any atom is 0.242 e. The molecule has 0 saturated carbocycles. The van der Waals surface area contributed by atoms with Gasteiger partial charge in [-0.15, -0.1) is 0 Å². The Labute approximate surface area is 177 Å². The van der Waals surface area contributed by atoms with Gasteiger partial charge in [-0.25, -0.2) is 4.39 Å². The summed E-state index contributed by atoms with van der Waals surface area (Å²) >= 11 is 6.11. The van der Waals surface area contributed by atoms with E-state index in [1.54, 1.807) is 6.07 Å². The number of unbranched alkanes of at least 4 members (excludes halogenated alkanes) is 1. The van der Waals surface area contributed by atoms with Crippen molar-refractivity contribution in [3.63, 3.8) is 0 Å². The summed E-state index contributed by atoms with van der Waals surface area (Å²) in [7, 11) is 0. The second-order valence-corrected chi connectivity index (χ2v) is 7.36. The molecule has 1 N–H and O–H groups in total. The Hall–Kier alpha value is -2.40. The summed E-state index contributed by atoms with van der Waals surface area (Å²) in [4.78, 5) is 27.5. The molecule has 0 aliphatic rings. The van der Waals surface area contributed by atoms with Crippen LogP contribution in [-0.4, -0.2) is 29.3 Å². The highest BCUT2D eigenvalue weighted by molar-refractivity contribution is 6.31. The van der Waals surface area contributed by atoms with E-state index in [9.17, 15) is 14.0 Å². The second kappa shape index (κ2) is 11.6. The molecular formula is C23H28ClFN2O2. The summed E-state index contributed by atoms with van der Waals surface area (Å²) in [6, 6.07) is 13.2. The molecule has 0 aromatic heterocycles. The van der Waals surface area contributed by atoms with Crippen molar-refractivity contribution in [1.29, 1.82) is 0 Å². The van der Waals surface area contributed by atoms with Crippen molar-refractivity contribution >= 4 is 23.4 Å². The Morgan fingerprint density at radius 3 is 2.45 bits per heavy atom. The monoisotopic (exact) mass is 418 g/mol. The van der Waals surface area contributed by atoms with Crippen LogP contribution < -0.4 is 5.32 Å². The van der Waals surface area contributed by atoms with Crippen LogP contribution in [0.5, 0.6) is 0 Å². The Balaban J connectivity index is 2.27. The largest absolute Gasteiger partial charge is 0.354 e. The Kier molecular flexibility index (Phi) is 9.13. The van der Waals surface area contributed by atoms with Gasteiger partial charge in [-0.05, 0) is 30.5 Å². The van der Waals surface area contributed by atoms with E-state index >= 15 is 0 Å². The van der Waals surface area contributed by atoms with Gasteiger partial charge in [0.25, 0.3) is 0 Å². The van der Waals surface area contributed by atoms with Crippen LogP contribution in [0.1, 0.15) is 44.2 Å². The van der Waals surface area contributed by atoms with Crippen molar-refractivity contribution < 1.29 is 14.0 Å². The predicted molar refractivity (Wildman–Crippen MR) is 114 cm³/mol. The van der Waals surface area contributed by atoms with Crippen molar-refractivity contribution in [2.45, 2.75) is 52.1 Å². The summed E-state index contributed by atoms with van der Waals surface area (Å²) in [5, 5.41) is 3.12. The quantitative estimate of drug-likeness (QED) is 0.566. The maximum absolute atomic E-state index is 14.2. The van der Waals surface area contributed by atoms with E-state index in [0.29, 0.717) is 13.0 Å². The molecule has 0 unspecified atom stereocenters. The molecule has 0 fully saturated rings. The smallest absolute Gasteiger partial charge is 0.242 e. The number of nitrogens with one attached hydrogen (secondary N) is 1. The molecule has 0 bridgehead atoms. The van der Waals surface area contributed by atoms with E-state index in [4.69, 9.17) is 11.6 Å². The molecule has 6 heteroatoms. The Morgan fingerprint density at radius 1 is 1.10 bits per heavy atom. The van der Waals surface area contributed by atoms with Gasteiger partial charge in [0, 0.05) is 23.7 Å². The molecule has 4 nitrogen and oxygen atoms in total. The van der Waals surface area contributed by atoms with Crippen molar-refractivity contribution in [2.24, 2.45) is 0 Å². The van der Waals surface area contributed by atoms with Crippen molar-refractivity contribution in [2.75, 3.05) is 6.54 Å². The normalized spacial score (nSPS) is 11.7. The van der Waals surface area contributed by atoms with Crippen LogP contribution in [0.3, 0.4) is 0 Å². The second-order valence-electron chi connectivity index (χ2n) is 6.95. The lowest BCUT2D eigenvalue weighted by Gasteiger charge is -2.31. The summed E-state index contributed by atoms with van der Waals surface area (Å²) in [6.07, 6.45) is 2.10. The number of amides is 2. The first kappa shape index (κ1) is 22.9. The molecule has 2 amide bonds. The fraction of sp³-hybridized carbons (Fsp3) is 0.391. The molecule has 0 aliphatic heterocycles. The third-order valence-electron chi connectivity index (χ3n) is 4.80. The molecular weight excluding hydrogens is 391 g/mol. The van der Waals surface area contributed by atoms with Crippen molar-refractivity contribution in [3.8, 4) is 0 Å². The van der Waals surface area contributed by atoms with Crippen molar-refractivity contribution in [3.05, 3.63) is 70.5 Å². The predicted octanol–water partition coefficient (Wildman–Crippen LogP) is 4.75. The minimum atomic E-state index is -0.634. The van der Waals surface area contributed by atoms with Crippen LogP contribution in [0.4, 0.5) is 4.39 Å². The van der Waals surface area contributed by atoms with Gasteiger partial charge in [0.15, 0.2) is 0 Å². The van der Waals surface area contributed by atoms with Gasteiger partial charge in [0.1, 0.15) is 11.9 Å². The number of hydrogen-bond acceptors (Lipinski definition) is 2. The Bertz CT molecular complexity index is 794. The average molecular weight is 419 g/mol. The molecule has 156 valence electrons. The zero-order chi connectivity index (χ0) is 21.2. The SMILES string of the molecule is CCCCNC(=O)[C@@H](CC)N(Cc1ccccc1)C(=O)Cc1c(F)cccc1Cl. The third kappa shape index (κ3) is 6.57. The summed E-state index contributed by atoms with van der Waals surface area (Å²) < 4.78 is 14.2. The number of hydrogen-bond donors (Lipinski definition) is 1. The van der Waals surface area contributed by atoms with E-state index in [1.165, 1.54) is 17.0 Å². The molecule has 0 heterocycles. The van der Waals surface area contributed by atoms with Crippen LogP contribution in [0.2, 0.25) is 5.02 Å². The van der Waals surface area contributed by atoms with Crippen LogP contribution in [0, 0.1) is 5.82 Å². The van der Waals surface area contributed by atoms with E-state index in [0.717, 1.165) is 18.4 Å². The fourth-order valence-electron chi connectivity index (χ4n) is 3.16. The van der Waals surface area contributed by atoms with Crippen LogP contribution in [0.15, 0.2) is 48.5 Å². The van der Waals surface area contributed by atoms with E-state index in [2.05, 4.69) is 5.32 Å². The molecule has 0 aliphatic carbocycles. The zero-order valence-electron chi connectivity index (χ0n) is 17.0. The standard InChI is InChI=1S/C23H28ClFN2O2/c1-3-5-14-26-23(29)21(4-2)27(16-17-10-7-6-8-11-17)22(28)15-18-19(24)12-9-13-20(18)25/h6-13,21H,3-5,14-16H2,1-2H3,(H,26,29)/t21-/m1/s1. The van der Waals surface area contributed by atoms with Gasteiger partial charge in [0.2, 0.25) is 11.8 Å². The molecule has 1 atom stereocenters. The summed E-state index contributed by atoms with van der Waals surface area (Å²) in [6.45, 7) is 4.75. The van der Waals surface area contributed by atoms with Crippen molar-refractivity contribution in [1.82, 2.24) is 10.2 Å². The highest BCUT2D eigenvalue weighted by atomic mass is 35.5. The lowest BCUT2D eigenvalue weighted by atomic mass is 10.1. The third-order valence-corrected chi connectivity index (χ3v) is 5.16. The van der Waals surface area contributed by atoms with Gasteiger partial charge in [0.05, 0.1) is 6.42 Å². The number of halogens is 2. The molecule has 2 aromatic rings. The highest BCUT2D eigenvalue weighted by Crippen LogP contribution is 2.22. The Morgan fingerprint density at radius 2 is 1.83 bits per heavy atom. The van der Waals surface area contributed by atoms with Gasteiger partial charge in [-0.2, -0.15) is 0 Å². The average Bonchev–Trinajstić information content (AvgIpc) is 2.71. The number of rotatable bonds is 10. The first-order valence-corrected chi connectivity index (χ1v) is 10.4. The van der Waals surface area contributed by atoms with E-state index in [-0.39, 0.29) is 35.4 Å². The lowest BCUT2D eigenvalue weighted by Crippen LogP contribution is -2.49. The van der Waals surface area contributed by atoms with Gasteiger partial charge in [-0.1, -0.05) is 68.3 Å². The van der Waals surface area contributed by atoms with Gasteiger partial charge in [-0.3, -0.25) is 9.59 Å². The van der Waals surface area contributed by atoms with E-state index in [1.807, 2.05) is 44.2 Å². The fourth-order valence-corrected chi connectivity index (χ4v) is 3.39. The molecule has 2 aromatic carbocycles.